The third-order valence-electron chi connectivity index (χ3n) is 2.50. The minimum atomic E-state index is -0.166. The lowest BCUT2D eigenvalue weighted by Crippen LogP contribution is -2.03. The van der Waals surface area contributed by atoms with E-state index in [1.54, 1.807) is 18.2 Å². The molecule has 3 nitrogen and oxygen atoms in total. The average molecular weight is 311 g/mol. The number of rotatable bonds is 0. The first-order valence-corrected chi connectivity index (χ1v) is 6.00. The fraction of sp³-hybridized carbons (Fsp3) is 0. The van der Waals surface area contributed by atoms with Gasteiger partial charge in [0.2, 0.25) is 5.43 Å². The van der Waals surface area contributed by atoms with E-state index in [4.69, 9.17) is 16.0 Å². The van der Waals surface area contributed by atoms with Crippen molar-refractivity contribution >= 4 is 49.5 Å². The maximum Gasteiger partial charge on any atom is 0.203 e. The predicted molar refractivity (Wildman–Crippen MR) is 70.5 cm³/mol. The van der Waals surface area contributed by atoms with Gasteiger partial charge in [0.15, 0.2) is 0 Å². The topological polar surface area (TPSA) is 43.1 Å². The van der Waals surface area contributed by atoms with Crippen molar-refractivity contribution in [2.45, 2.75) is 0 Å². The highest BCUT2D eigenvalue weighted by atomic mass is 79.9. The summed E-state index contributed by atoms with van der Waals surface area (Å²) in [4.78, 5) is 16.1. The highest BCUT2D eigenvalue weighted by Gasteiger charge is 2.11. The zero-order valence-corrected chi connectivity index (χ0v) is 10.7. The van der Waals surface area contributed by atoms with E-state index >= 15 is 0 Å². The van der Waals surface area contributed by atoms with Crippen molar-refractivity contribution in [2.75, 3.05) is 0 Å². The molecule has 3 aromatic rings. The first kappa shape index (κ1) is 10.7. The Bertz CT molecular complexity index is 797. The summed E-state index contributed by atoms with van der Waals surface area (Å²) in [6, 6.07) is 6.91. The quantitative estimate of drug-likeness (QED) is 0.469. The van der Waals surface area contributed by atoms with Crippen molar-refractivity contribution in [3.8, 4) is 0 Å². The number of hydrogen-bond donors (Lipinski definition) is 0. The van der Waals surface area contributed by atoms with Crippen LogP contribution in [0.25, 0.3) is 21.9 Å². The van der Waals surface area contributed by atoms with Crippen molar-refractivity contribution < 1.29 is 4.42 Å². The summed E-state index contributed by atoms with van der Waals surface area (Å²) in [6.07, 6.45) is 1.51. The molecule has 5 heteroatoms. The van der Waals surface area contributed by atoms with Gasteiger partial charge in [0.1, 0.15) is 21.7 Å². The molecule has 0 N–H and O–H groups in total. The molecule has 0 radical (unpaired) electrons. The standard InChI is InChI=1S/C12H5BrClNO2/c13-6-1-2-8-7(5-6)11(16)10-9(17-8)3-4-15-12(10)14/h1-5H. The van der Waals surface area contributed by atoms with Crippen molar-refractivity contribution in [1.29, 1.82) is 0 Å². The van der Waals surface area contributed by atoms with E-state index in [0.29, 0.717) is 21.9 Å². The van der Waals surface area contributed by atoms with E-state index < -0.39 is 0 Å². The number of pyridine rings is 1. The van der Waals surface area contributed by atoms with E-state index in [9.17, 15) is 4.79 Å². The molecule has 84 valence electrons. The van der Waals surface area contributed by atoms with E-state index in [-0.39, 0.29) is 10.6 Å². The Hall–Kier alpha value is -1.39. The fourth-order valence-corrected chi connectivity index (χ4v) is 2.33. The van der Waals surface area contributed by atoms with E-state index in [1.807, 2.05) is 6.07 Å². The molecular weight excluding hydrogens is 305 g/mol. The SMILES string of the molecule is O=c1c2cc(Br)ccc2oc2ccnc(Cl)c12. The first-order chi connectivity index (χ1) is 8.16. The van der Waals surface area contributed by atoms with Crippen LogP contribution in [0.4, 0.5) is 0 Å². The monoisotopic (exact) mass is 309 g/mol. The third-order valence-corrected chi connectivity index (χ3v) is 3.28. The van der Waals surface area contributed by atoms with Crippen molar-refractivity contribution in [3.05, 3.63) is 50.3 Å². The Morgan fingerprint density at radius 2 is 2.06 bits per heavy atom. The summed E-state index contributed by atoms with van der Waals surface area (Å²) < 4.78 is 6.43. The fourth-order valence-electron chi connectivity index (χ4n) is 1.73. The maximum atomic E-state index is 12.3. The smallest absolute Gasteiger partial charge is 0.203 e. The minimum Gasteiger partial charge on any atom is -0.456 e. The Kier molecular flexibility index (Phi) is 2.42. The Labute approximate surface area is 109 Å². The van der Waals surface area contributed by atoms with Gasteiger partial charge in [-0.1, -0.05) is 27.5 Å². The zero-order valence-electron chi connectivity index (χ0n) is 8.41. The van der Waals surface area contributed by atoms with Gasteiger partial charge in [-0.05, 0) is 18.2 Å². The molecule has 0 atom stereocenters. The van der Waals surface area contributed by atoms with Crippen LogP contribution in [0, 0.1) is 0 Å². The number of benzene rings is 1. The number of hydrogen-bond acceptors (Lipinski definition) is 3. The molecule has 0 saturated heterocycles. The van der Waals surface area contributed by atoms with Crippen LogP contribution < -0.4 is 5.43 Å². The van der Waals surface area contributed by atoms with Gasteiger partial charge in [0.25, 0.3) is 0 Å². The number of nitrogens with zero attached hydrogens (tertiary/aromatic N) is 1. The number of aromatic nitrogens is 1. The summed E-state index contributed by atoms with van der Waals surface area (Å²) in [6.45, 7) is 0. The molecule has 1 aromatic carbocycles. The van der Waals surface area contributed by atoms with Crippen LogP contribution in [-0.2, 0) is 0 Å². The highest BCUT2D eigenvalue weighted by molar-refractivity contribution is 9.10. The second-order valence-electron chi connectivity index (χ2n) is 3.55. The van der Waals surface area contributed by atoms with Crippen molar-refractivity contribution in [2.24, 2.45) is 0 Å². The minimum absolute atomic E-state index is 0.165. The summed E-state index contributed by atoms with van der Waals surface area (Å²) in [5.74, 6) is 0. The molecule has 0 saturated carbocycles. The van der Waals surface area contributed by atoms with Crippen LogP contribution in [0.2, 0.25) is 5.15 Å². The van der Waals surface area contributed by atoms with Crippen molar-refractivity contribution in [1.82, 2.24) is 4.98 Å². The molecule has 0 spiro atoms. The highest BCUT2D eigenvalue weighted by Crippen LogP contribution is 2.24. The second kappa shape index (κ2) is 3.82. The van der Waals surface area contributed by atoms with Gasteiger partial charge in [-0.25, -0.2) is 4.98 Å². The molecule has 0 fully saturated rings. The van der Waals surface area contributed by atoms with Crippen LogP contribution in [0.5, 0.6) is 0 Å². The second-order valence-corrected chi connectivity index (χ2v) is 4.82. The van der Waals surface area contributed by atoms with E-state index in [0.717, 1.165) is 4.47 Å². The van der Waals surface area contributed by atoms with Gasteiger partial charge in [-0.15, -0.1) is 0 Å². The van der Waals surface area contributed by atoms with E-state index in [2.05, 4.69) is 20.9 Å². The molecule has 0 aliphatic heterocycles. The van der Waals surface area contributed by atoms with Gasteiger partial charge >= 0.3 is 0 Å². The van der Waals surface area contributed by atoms with Crippen LogP contribution in [0.1, 0.15) is 0 Å². The summed E-state index contributed by atoms with van der Waals surface area (Å²) in [7, 11) is 0. The molecule has 0 unspecified atom stereocenters. The van der Waals surface area contributed by atoms with Crippen LogP contribution >= 0.6 is 27.5 Å². The van der Waals surface area contributed by atoms with Gasteiger partial charge in [0.05, 0.1) is 5.39 Å². The van der Waals surface area contributed by atoms with Crippen LogP contribution in [0.15, 0.2) is 44.1 Å². The number of fused-ring (bicyclic) bond motifs is 2. The lowest BCUT2D eigenvalue weighted by molar-refractivity contribution is 0.659. The summed E-state index contributed by atoms with van der Waals surface area (Å²) in [5, 5.41) is 0.972. The molecule has 0 aliphatic rings. The predicted octanol–water partition coefficient (Wildman–Crippen LogP) is 3.76. The molecule has 0 amide bonds. The third kappa shape index (κ3) is 1.64. The largest absolute Gasteiger partial charge is 0.456 e. The number of halogens is 2. The molecule has 2 aromatic heterocycles. The van der Waals surface area contributed by atoms with Crippen molar-refractivity contribution in [3.63, 3.8) is 0 Å². The molecule has 0 bridgehead atoms. The summed E-state index contributed by atoms with van der Waals surface area (Å²) >= 11 is 9.24. The molecule has 0 aliphatic carbocycles. The maximum absolute atomic E-state index is 12.3. The van der Waals surface area contributed by atoms with Gasteiger partial charge < -0.3 is 4.42 Å². The average Bonchev–Trinajstić information content (AvgIpc) is 2.30. The molecule has 2 heterocycles. The summed E-state index contributed by atoms with van der Waals surface area (Å²) in [5.41, 5.74) is 0.818. The molecular formula is C12H5BrClNO2. The normalized spacial score (nSPS) is 11.2. The Balaban J connectivity index is 2.63. The Morgan fingerprint density at radius 1 is 1.24 bits per heavy atom. The van der Waals surface area contributed by atoms with E-state index in [1.165, 1.54) is 6.20 Å². The van der Waals surface area contributed by atoms with Crippen LogP contribution in [-0.4, -0.2) is 4.98 Å². The lowest BCUT2D eigenvalue weighted by atomic mass is 10.2. The first-order valence-electron chi connectivity index (χ1n) is 4.83. The van der Waals surface area contributed by atoms with Crippen LogP contribution in [0.3, 0.4) is 0 Å². The lowest BCUT2D eigenvalue weighted by Gasteiger charge is -2.02. The zero-order chi connectivity index (χ0) is 12.0. The molecule has 3 rings (SSSR count). The Morgan fingerprint density at radius 3 is 2.88 bits per heavy atom. The van der Waals surface area contributed by atoms with Gasteiger partial charge in [-0.2, -0.15) is 0 Å². The molecule has 17 heavy (non-hydrogen) atoms. The van der Waals surface area contributed by atoms with Gasteiger partial charge in [-0.3, -0.25) is 4.79 Å². The van der Waals surface area contributed by atoms with Gasteiger partial charge in [0, 0.05) is 16.7 Å².